The average Bonchev–Trinajstić information content (AvgIpc) is 2.98. The first-order valence-corrected chi connectivity index (χ1v) is 6.45. The maximum absolute atomic E-state index is 8.72. The van der Waals surface area contributed by atoms with Crippen molar-refractivity contribution in [3.63, 3.8) is 0 Å². The van der Waals surface area contributed by atoms with Crippen molar-refractivity contribution < 1.29 is 15.2 Å². The second kappa shape index (κ2) is 6.78. The van der Waals surface area contributed by atoms with Crippen molar-refractivity contribution >= 4 is 11.9 Å². The van der Waals surface area contributed by atoms with E-state index in [1.807, 2.05) is 18.2 Å². The molecular formula is C14H18N2O3. The van der Waals surface area contributed by atoms with Crippen LogP contribution in [0.3, 0.4) is 0 Å². The zero-order chi connectivity index (χ0) is 13.5. The van der Waals surface area contributed by atoms with Gasteiger partial charge >= 0.3 is 0 Å². The fourth-order valence-corrected chi connectivity index (χ4v) is 2.50. The molecule has 5 nitrogen and oxygen atoms in total. The number of hydrogen-bond acceptors (Lipinski definition) is 5. The Labute approximate surface area is 112 Å². The minimum Gasteiger partial charge on any atom is -0.487 e. The smallest absolute Gasteiger partial charge is 0.138 e. The monoisotopic (exact) mass is 262 g/mol. The Hall–Kier alpha value is -2.04. The molecule has 2 N–H and O–H groups in total. The minimum absolute atomic E-state index is 0.0737. The molecule has 0 amide bonds. The highest BCUT2D eigenvalue weighted by atomic mass is 16.5. The quantitative estimate of drug-likeness (QED) is 0.486. The summed E-state index contributed by atoms with van der Waals surface area (Å²) >= 11 is 0. The Kier molecular flexibility index (Phi) is 4.78. The van der Waals surface area contributed by atoms with Crippen LogP contribution in [0.4, 0.5) is 0 Å². The van der Waals surface area contributed by atoms with E-state index in [1.54, 1.807) is 0 Å². The molecular weight excluding hydrogens is 244 g/mol. The molecule has 1 aromatic rings. The lowest BCUT2D eigenvalue weighted by Gasteiger charge is -2.15. The maximum Gasteiger partial charge on any atom is 0.138 e. The van der Waals surface area contributed by atoms with E-state index in [2.05, 4.69) is 16.4 Å². The van der Waals surface area contributed by atoms with Crippen LogP contribution in [-0.2, 0) is 0 Å². The van der Waals surface area contributed by atoms with Crippen molar-refractivity contribution in [2.45, 2.75) is 31.6 Å². The summed E-state index contributed by atoms with van der Waals surface area (Å²) in [6, 6.07) is 7.93. The third kappa shape index (κ3) is 3.47. The fourth-order valence-electron chi connectivity index (χ4n) is 2.50. The standard InChI is InChI=1S/C14H18N2O3/c17-15-9-12(16-18)10-19-14-8-4-3-7-13(14)11-5-1-2-6-11/h3-4,7-9,11,17-18H,1-2,5-6,10H2/b15-9+,16-12-. The van der Waals surface area contributed by atoms with Crippen LogP contribution in [0.25, 0.3) is 0 Å². The van der Waals surface area contributed by atoms with Crippen molar-refractivity contribution in [2.75, 3.05) is 6.61 Å². The van der Waals surface area contributed by atoms with Gasteiger partial charge in [0.2, 0.25) is 0 Å². The molecule has 0 unspecified atom stereocenters. The molecule has 1 aromatic carbocycles. The summed E-state index contributed by atoms with van der Waals surface area (Å²) in [4.78, 5) is 0. The molecule has 5 heteroatoms. The Balaban J connectivity index is 2.07. The van der Waals surface area contributed by atoms with Gasteiger partial charge in [0.1, 0.15) is 18.1 Å². The molecule has 0 saturated heterocycles. The molecule has 0 radical (unpaired) electrons. The molecule has 0 atom stereocenters. The summed E-state index contributed by atoms with van der Waals surface area (Å²) in [5.74, 6) is 1.36. The first-order valence-electron chi connectivity index (χ1n) is 6.45. The Morgan fingerprint density at radius 3 is 2.68 bits per heavy atom. The van der Waals surface area contributed by atoms with Crippen LogP contribution in [0, 0.1) is 0 Å². The molecule has 1 aliphatic rings. The van der Waals surface area contributed by atoms with Gasteiger partial charge in [-0.15, -0.1) is 0 Å². The van der Waals surface area contributed by atoms with Crippen LogP contribution >= 0.6 is 0 Å². The molecule has 0 aromatic heterocycles. The Morgan fingerprint density at radius 2 is 2.00 bits per heavy atom. The number of benzene rings is 1. The van der Waals surface area contributed by atoms with Crippen LogP contribution < -0.4 is 4.74 Å². The molecule has 0 bridgehead atoms. The van der Waals surface area contributed by atoms with Gasteiger partial charge in [-0.05, 0) is 30.4 Å². The first kappa shape index (κ1) is 13.4. The Bertz CT molecular complexity index is 466. The van der Waals surface area contributed by atoms with Crippen LogP contribution in [0.15, 0.2) is 34.6 Å². The number of rotatable bonds is 5. The minimum atomic E-state index is 0.0737. The third-order valence-corrected chi connectivity index (χ3v) is 3.42. The van der Waals surface area contributed by atoms with Gasteiger partial charge in [0, 0.05) is 0 Å². The van der Waals surface area contributed by atoms with Crippen LogP contribution in [-0.4, -0.2) is 28.9 Å². The number of nitrogens with zero attached hydrogens (tertiary/aromatic N) is 2. The molecule has 0 heterocycles. The highest BCUT2D eigenvalue weighted by Crippen LogP contribution is 2.38. The first-order chi connectivity index (χ1) is 9.35. The predicted molar refractivity (Wildman–Crippen MR) is 72.6 cm³/mol. The topological polar surface area (TPSA) is 74.4 Å². The number of oxime groups is 2. The fraction of sp³-hybridized carbons (Fsp3) is 0.429. The van der Waals surface area contributed by atoms with Gasteiger partial charge in [0.05, 0.1) is 6.21 Å². The summed E-state index contributed by atoms with van der Waals surface area (Å²) < 4.78 is 5.66. The van der Waals surface area contributed by atoms with Crippen molar-refractivity contribution in [3.8, 4) is 5.75 Å². The second-order valence-corrected chi connectivity index (χ2v) is 4.64. The molecule has 1 fully saturated rings. The lowest BCUT2D eigenvalue weighted by molar-refractivity contribution is 0.305. The lowest BCUT2D eigenvalue weighted by atomic mass is 9.97. The van der Waals surface area contributed by atoms with Gasteiger partial charge in [-0.1, -0.05) is 41.4 Å². The van der Waals surface area contributed by atoms with E-state index >= 15 is 0 Å². The van der Waals surface area contributed by atoms with E-state index in [4.69, 9.17) is 15.2 Å². The normalized spacial score (nSPS) is 17.2. The summed E-state index contributed by atoms with van der Waals surface area (Å²) in [6.45, 7) is 0.0737. The van der Waals surface area contributed by atoms with Gasteiger partial charge in [-0.25, -0.2) is 0 Å². The van der Waals surface area contributed by atoms with E-state index in [0.717, 1.165) is 12.0 Å². The number of ether oxygens (including phenoxy) is 1. The average molecular weight is 262 g/mol. The molecule has 102 valence electrons. The van der Waals surface area contributed by atoms with Crippen molar-refractivity contribution in [2.24, 2.45) is 10.3 Å². The number of hydrogen-bond donors (Lipinski definition) is 2. The largest absolute Gasteiger partial charge is 0.487 e. The second-order valence-electron chi connectivity index (χ2n) is 4.64. The lowest BCUT2D eigenvalue weighted by Crippen LogP contribution is -2.14. The zero-order valence-electron chi connectivity index (χ0n) is 10.7. The highest BCUT2D eigenvalue weighted by Gasteiger charge is 2.20. The van der Waals surface area contributed by atoms with Gasteiger partial charge in [-0.2, -0.15) is 0 Å². The molecule has 19 heavy (non-hydrogen) atoms. The highest BCUT2D eigenvalue weighted by molar-refractivity contribution is 6.30. The Morgan fingerprint density at radius 1 is 1.26 bits per heavy atom. The molecule has 2 rings (SSSR count). The summed E-state index contributed by atoms with van der Waals surface area (Å²) in [5.41, 5.74) is 1.38. The predicted octanol–water partition coefficient (Wildman–Crippen LogP) is 3.01. The van der Waals surface area contributed by atoms with E-state index in [9.17, 15) is 0 Å². The van der Waals surface area contributed by atoms with Crippen molar-refractivity contribution in [3.05, 3.63) is 29.8 Å². The van der Waals surface area contributed by atoms with Gasteiger partial charge < -0.3 is 15.2 Å². The molecule has 1 aliphatic carbocycles. The molecule has 1 saturated carbocycles. The maximum atomic E-state index is 8.72. The van der Waals surface area contributed by atoms with Gasteiger partial charge in [0.15, 0.2) is 0 Å². The van der Waals surface area contributed by atoms with Crippen LogP contribution in [0.2, 0.25) is 0 Å². The summed E-state index contributed by atoms with van der Waals surface area (Å²) in [5, 5.41) is 23.0. The van der Waals surface area contributed by atoms with Crippen LogP contribution in [0.1, 0.15) is 37.2 Å². The van der Waals surface area contributed by atoms with E-state index < -0.39 is 0 Å². The van der Waals surface area contributed by atoms with Gasteiger partial charge in [0.25, 0.3) is 0 Å². The summed E-state index contributed by atoms with van der Waals surface area (Å²) in [6.07, 6.45) is 5.97. The van der Waals surface area contributed by atoms with Crippen molar-refractivity contribution in [1.29, 1.82) is 0 Å². The van der Waals surface area contributed by atoms with E-state index in [0.29, 0.717) is 5.92 Å². The van der Waals surface area contributed by atoms with Crippen LogP contribution in [0.5, 0.6) is 5.75 Å². The SMILES string of the molecule is O/N=C(/C=N/O)COc1ccccc1C1CCCC1. The van der Waals surface area contributed by atoms with E-state index in [-0.39, 0.29) is 12.3 Å². The van der Waals surface area contributed by atoms with Crippen molar-refractivity contribution in [1.82, 2.24) is 0 Å². The van der Waals surface area contributed by atoms with Gasteiger partial charge in [-0.3, -0.25) is 0 Å². The van der Waals surface area contributed by atoms with E-state index in [1.165, 1.54) is 31.2 Å². The number of para-hydroxylation sites is 1. The summed E-state index contributed by atoms with van der Waals surface area (Å²) in [7, 11) is 0. The zero-order valence-corrected chi connectivity index (χ0v) is 10.7. The third-order valence-electron chi connectivity index (χ3n) is 3.42. The molecule has 0 aliphatic heterocycles. The molecule has 0 spiro atoms.